The number of hydrogen-bond acceptors (Lipinski definition) is 8. The first-order chi connectivity index (χ1) is 16.4. The summed E-state index contributed by atoms with van der Waals surface area (Å²) in [5.74, 6) is -7.76. The third-order valence-corrected chi connectivity index (χ3v) is 7.55. The third-order valence-electron chi connectivity index (χ3n) is 7.55. The number of aryl methyl sites for hydroxylation is 1. The summed E-state index contributed by atoms with van der Waals surface area (Å²) in [6, 6.07) is 1.66. The van der Waals surface area contributed by atoms with Crippen LogP contribution in [0.2, 0.25) is 0 Å². The largest absolute Gasteiger partial charge is 0.507 e. The van der Waals surface area contributed by atoms with E-state index in [-0.39, 0.29) is 48.3 Å². The number of nitrogens with one attached hydrogen (secondary N) is 1. The number of alkyl halides is 2. The number of nitrogens with two attached hydrogens (primary N) is 1. The zero-order valence-corrected chi connectivity index (χ0v) is 19.1. The zero-order valence-electron chi connectivity index (χ0n) is 19.1. The fourth-order valence-electron chi connectivity index (χ4n) is 5.90. The Morgan fingerprint density at radius 3 is 2.54 bits per heavy atom. The molecule has 3 aliphatic rings. The van der Waals surface area contributed by atoms with Gasteiger partial charge in [0.1, 0.15) is 17.4 Å². The molecule has 1 aromatic rings. The molecule has 4 rings (SSSR count). The Labute approximate surface area is 199 Å². The number of rotatable bonds is 6. The van der Waals surface area contributed by atoms with Crippen molar-refractivity contribution in [2.24, 2.45) is 23.5 Å². The lowest BCUT2D eigenvalue weighted by molar-refractivity contribution is -0.174. The molecule has 9 nitrogen and oxygen atoms in total. The molecule has 35 heavy (non-hydrogen) atoms. The second-order valence-corrected chi connectivity index (χ2v) is 9.51. The van der Waals surface area contributed by atoms with E-state index in [0.29, 0.717) is 12.0 Å². The van der Waals surface area contributed by atoms with Crippen LogP contribution in [0, 0.1) is 17.8 Å². The van der Waals surface area contributed by atoms with Crippen molar-refractivity contribution >= 4 is 23.2 Å². The molecular weight excluding hydrogens is 466 g/mol. The molecule has 0 radical (unpaired) electrons. The molecule has 0 bridgehead atoms. The summed E-state index contributed by atoms with van der Waals surface area (Å²) in [4.78, 5) is 38.3. The van der Waals surface area contributed by atoms with E-state index in [4.69, 9.17) is 5.73 Å². The number of hydrogen-bond donors (Lipinski definition) is 6. The normalized spacial score (nSPS) is 30.2. The van der Waals surface area contributed by atoms with Crippen molar-refractivity contribution in [3.05, 3.63) is 33.9 Å². The lowest BCUT2D eigenvalue weighted by atomic mass is 9.56. The Morgan fingerprint density at radius 2 is 1.94 bits per heavy atom. The van der Waals surface area contributed by atoms with Crippen LogP contribution < -0.4 is 11.1 Å². The van der Waals surface area contributed by atoms with Crippen LogP contribution in [0.1, 0.15) is 42.0 Å². The summed E-state index contributed by atoms with van der Waals surface area (Å²) < 4.78 is 25.1. The number of primary amides is 1. The maximum atomic E-state index is 13.5. The predicted octanol–water partition coefficient (Wildman–Crippen LogP) is 0.506. The number of phenolic OH excluding ortho intramolecular Hbond substituents is 1. The van der Waals surface area contributed by atoms with E-state index in [1.165, 1.54) is 0 Å². The van der Waals surface area contributed by atoms with E-state index in [1.54, 1.807) is 6.07 Å². The van der Waals surface area contributed by atoms with E-state index in [9.17, 15) is 43.6 Å². The number of carbonyl (C=O) groups excluding carboxylic acids is 3. The highest BCUT2D eigenvalue weighted by molar-refractivity contribution is 6.24. The standard InChI is InChI=1S/C24H28F2N2O7/c1-2-9-3-11(7-28-8-15(25)26)19(30)17-13(9)5-10-4-12-6-14(29)18(23(27)34)22(33)24(12,35)21(32)16(10)20(17)31/h3,10,12,14-15,18,28-31,35H,2,4-8H2,1H3,(H2,27,34)/t10-,12+,14?,18?,24+/m1/s1. The number of ketones is 2. The second-order valence-electron chi connectivity index (χ2n) is 9.51. The molecule has 0 spiro atoms. The summed E-state index contributed by atoms with van der Waals surface area (Å²) in [7, 11) is 0. The minimum absolute atomic E-state index is 0.0328. The number of aromatic hydroxyl groups is 1. The number of fused-ring (bicyclic) bond motifs is 3. The summed E-state index contributed by atoms with van der Waals surface area (Å²) in [5.41, 5.74) is 3.91. The minimum Gasteiger partial charge on any atom is -0.507 e. The molecule has 1 amide bonds. The number of carbonyl (C=O) groups is 3. The molecule has 0 heterocycles. The van der Waals surface area contributed by atoms with Crippen LogP contribution >= 0.6 is 0 Å². The van der Waals surface area contributed by atoms with Gasteiger partial charge in [-0.15, -0.1) is 0 Å². The molecule has 190 valence electrons. The van der Waals surface area contributed by atoms with E-state index in [2.05, 4.69) is 5.32 Å². The summed E-state index contributed by atoms with van der Waals surface area (Å²) in [6.07, 6.45) is -3.43. The number of halogens is 2. The van der Waals surface area contributed by atoms with Crippen molar-refractivity contribution in [3.8, 4) is 5.75 Å². The second kappa shape index (κ2) is 8.96. The van der Waals surface area contributed by atoms with Crippen LogP contribution in [0.25, 0.3) is 5.76 Å². The van der Waals surface area contributed by atoms with Crippen molar-refractivity contribution in [2.75, 3.05) is 6.54 Å². The van der Waals surface area contributed by atoms with Gasteiger partial charge in [0, 0.05) is 23.6 Å². The van der Waals surface area contributed by atoms with Gasteiger partial charge in [-0.1, -0.05) is 13.0 Å². The van der Waals surface area contributed by atoms with Gasteiger partial charge in [0.2, 0.25) is 11.7 Å². The van der Waals surface area contributed by atoms with Gasteiger partial charge in [0.05, 0.1) is 18.2 Å². The fraction of sp³-hybridized carbons (Fsp3) is 0.542. The molecule has 7 N–H and O–H groups in total. The molecule has 2 saturated carbocycles. The smallest absolute Gasteiger partial charge is 0.250 e. The molecule has 0 saturated heterocycles. The minimum atomic E-state index is -2.64. The van der Waals surface area contributed by atoms with Gasteiger partial charge >= 0.3 is 0 Å². The molecule has 5 atom stereocenters. The van der Waals surface area contributed by atoms with Gasteiger partial charge in [-0.3, -0.25) is 14.4 Å². The highest BCUT2D eigenvalue weighted by Crippen LogP contribution is 2.52. The predicted molar refractivity (Wildman–Crippen MR) is 118 cm³/mol. The fourth-order valence-corrected chi connectivity index (χ4v) is 5.90. The van der Waals surface area contributed by atoms with Gasteiger partial charge < -0.3 is 31.5 Å². The first kappa shape index (κ1) is 25.2. The van der Waals surface area contributed by atoms with Crippen molar-refractivity contribution < 1.29 is 43.6 Å². The average molecular weight is 494 g/mol. The van der Waals surface area contributed by atoms with Gasteiger partial charge in [0.25, 0.3) is 6.43 Å². The monoisotopic (exact) mass is 494 g/mol. The van der Waals surface area contributed by atoms with Gasteiger partial charge in [-0.25, -0.2) is 8.78 Å². The Kier molecular flexibility index (Phi) is 6.45. The van der Waals surface area contributed by atoms with Crippen molar-refractivity contribution in [1.82, 2.24) is 5.32 Å². The van der Waals surface area contributed by atoms with E-state index in [0.717, 1.165) is 5.56 Å². The van der Waals surface area contributed by atoms with Crippen LogP contribution in [0.15, 0.2) is 11.6 Å². The number of benzene rings is 1. The van der Waals surface area contributed by atoms with Crippen molar-refractivity contribution in [1.29, 1.82) is 0 Å². The van der Waals surface area contributed by atoms with Crippen LogP contribution in [-0.2, 0) is 33.8 Å². The highest BCUT2D eigenvalue weighted by Gasteiger charge is 2.63. The molecule has 2 unspecified atom stereocenters. The van der Waals surface area contributed by atoms with Crippen LogP contribution in [-0.4, -0.2) is 62.6 Å². The summed E-state index contributed by atoms with van der Waals surface area (Å²) in [6.45, 7) is 1.14. The molecule has 0 aromatic heterocycles. The maximum absolute atomic E-state index is 13.5. The van der Waals surface area contributed by atoms with E-state index >= 15 is 0 Å². The lowest BCUT2D eigenvalue weighted by Crippen LogP contribution is -2.66. The molecule has 1 aromatic carbocycles. The Bertz CT molecular complexity index is 1140. The number of aliphatic hydroxyl groups is 3. The van der Waals surface area contributed by atoms with Gasteiger partial charge in [0.15, 0.2) is 11.4 Å². The van der Waals surface area contributed by atoms with Crippen molar-refractivity contribution in [2.45, 2.75) is 57.3 Å². The van der Waals surface area contributed by atoms with Gasteiger partial charge in [-0.05, 0) is 42.7 Å². The molecule has 0 aliphatic heterocycles. The summed E-state index contributed by atoms with van der Waals surface area (Å²) in [5, 5.41) is 46.2. The average Bonchev–Trinajstić information content (AvgIpc) is 2.77. The Hall–Kier alpha value is -2.89. The van der Waals surface area contributed by atoms with Crippen LogP contribution in [0.3, 0.4) is 0 Å². The maximum Gasteiger partial charge on any atom is 0.250 e. The van der Waals surface area contributed by atoms with Gasteiger partial charge in [-0.2, -0.15) is 0 Å². The van der Waals surface area contributed by atoms with Crippen LogP contribution in [0.5, 0.6) is 5.75 Å². The number of phenols is 1. The Balaban J connectivity index is 1.81. The third kappa shape index (κ3) is 3.82. The van der Waals surface area contributed by atoms with E-state index < -0.39 is 65.7 Å². The van der Waals surface area contributed by atoms with Crippen molar-refractivity contribution in [3.63, 3.8) is 0 Å². The first-order valence-corrected chi connectivity index (χ1v) is 11.5. The highest BCUT2D eigenvalue weighted by atomic mass is 19.3. The summed E-state index contributed by atoms with van der Waals surface area (Å²) >= 11 is 0. The molecule has 2 fully saturated rings. The number of aliphatic hydroxyl groups excluding tert-OH is 2. The Morgan fingerprint density at radius 1 is 1.26 bits per heavy atom. The van der Waals surface area contributed by atoms with Crippen LogP contribution in [0.4, 0.5) is 8.78 Å². The quantitative estimate of drug-likeness (QED) is 0.311. The molecular formula is C24H28F2N2O7. The zero-order chi connectivity index (χ0) is 25.8. The first-order valence-electron chi connectivity index (χ1n) is 11.5. The SMILES string of the molecule is CCc1cc(CNCC(F)F)c(O)c2c1C[C@H]1C[C@H]3CC(O)C(C(N)=O)C(=O)[C@@]3(O)C(=O)C1=C2O. The molecule has 11 heteroatoms. The number of Topliss-reactive ketones (excluding diaryl/α,β-unsaturated/α-hetero) is 2. The molecule has 3 aliphatic carbocycles. The topological polar surface area (TPSA) is 170 Å². The number of amides is 1. The van der Waals surface area contributed by atoms with E-state index in [1.807, 2.05) is 6.92 Å². The lowest BCUT2D eigenvalue weighted by Gasteiger charge is -2.48.